The second-order valence-corrected chi connectivity index (χ2v) is 5.95. The zero-order valence-electron chi connectivity index (χ0n) is 11.3. The van der Waals surface area contributed by atoms with Crippen molar-refractivity contribution in [1.82, 2.24) is 10.2 Å². The topological polar surface area (TPSA) is 49.4 Å². The van der Waals surface area contributed by atoms with Crippen LogP contribution in [0.25, 0.3) is 10.1 Å². The Morgan fingerprint density at radius 1 is 1.45 bits per heavy atom. The molecule has 1 aliphatic heterocycles. The molecule has 2 heterocycles. The Bertz CT molecular complexity index is 632. The number of carbonyl (C=O) groups is 2. The molecule has 1 saturated heterocycles. The van der Waals surface area contributed by atoms with Crippen LogP contribution in [0.1, 0.15) is 23.0 Å². The maximum atomic E-state index is 12.6. The summed E-state index contributed by atoms with van der Waals surface area (Å²) in [5.41, 5.74) is 0. The highest BCUT2D eigenvalue weighted by Crippen LogP contribution is 2.27. The van der Waals surface area contributed by atoms with Gasteiger partial charge in [0.2, 0.25) is 5.91 Å². The highest BCUT2D eigenvalue weighted by molar-refractivity contribution is 7.20. The SMILES string of the molecule is CCC1C(=O)NCCN1C(=O)c1cc2ccccc2s1. The zero-order valence-corrected chi connectivity index (χ0v) is 12.1. The number of rotatable bonds is 2. The molecule has 4 nitrogen and oxygen atoms in total. The van der Waals surface area contributed by atoms with E-state index in [1.54, 1.807) is 4.90 Å². The number of piperazine rings is 1. The lowest BCUT2D eigenvalue weighted by atomic mass is 10.1. The third-order valence-electron chi connectivity index (χ3n) is 3.61. The average Bonchev–Trinajstić information content (AvgIpc) is 2.90. The average molecular weight is 288 g/mol. The van der Waals surface area contributed by atoms with Gasteiger partial charge in [0.05, 0.1) is 4.88 Å². The highest BCUT2D eigenvalue weighted by Gasteiger charge is 2.32. The summed E-state index contributed by atoms with van der Waals surface area (Å²) in [5.74, 6) is -0.0823. The minimum atomic E-state index is -0.346. The summed E-state index contributed by atoms with van der Waals surface area (Å²) >= 11 is 1.49. The molecule has 0 saturated carbocycles. The number of hydrogen-bond donors (Lipinski definition) is 1. The molecule has 0 spiro atoms. The van der Waals surface area contributed by atoms with Crippen LogP contribution in [0.5, 0.6) is 0 Å². The fourth-order valence-corrected chi connectivity index (χ4v) is 3.61. The third-order valence-corrected chi connectivity index (χ3v) is 4.72. The molecule has 1 fully saturated rings. The summed E-state index contributed by atoms with van der Waals surface area (Å²) in [7, 11) is 0. The molecule has 1 aliphatic rings. The summed E-state index contributed by atoms with van der Waals surface area (Å²) in [6.07, 6.45) is 0.641. The fourth-order valence-electron chi connectivity index (χ4n) is 2.59. The van der Waals surface area contributed by atoms with Crippen LogP contribution in [0.4, 0.5) is 0 Å². The van der Waals surface area contributed by atoms with Crippen LogP contribution in [0.2, 0.25) is 0 Å². The summed E-state index contributed by atoms with van der Waals surface area (Å²) in [6, 6.07) is 9.52. The molecule has 0 aliphatic carbocycles. The number of carbonyl (C=O) groups excluding carboxylic acids is 2. The lowest BCUT2D eigenvalue weighted by molar-refractivity contribution is -0.127. The van der Waals surface area contributed by atoms with Gasteiger partial charge in [-0.3, -0.25) is 9.59 Å². The van der Waals surface area contributed by atoms with E-state index in [-0.39, 0.29) is 17.9 Å². The first kappa shape index (κ1) is 13.1. The Morgan fingerprint density at radius 2 is 2.25 bits per heavy atom. The van der Waals surface area contributed by atoms with Gasteiger partial charge in [0, 0.05) is 17.8 Å². The Labute approximate surface area is 121 Å². The van der Waals surface area contributed by atoms with E-state index in [1.165, 1.54) is 11.3 Å². The summed E-state index contributed by atoms with van der Waals surface area (Å²) in [6.45, 7) is 3.05. The molecule has 1 N–H and O–H groups in total. The van der Waals surface area contributed by atoms with Gasteiger partial charge in [-0.2, -0.15) is 0 Å². The van der Waals surface area contributed by atoms with Gasteiger partial charge in [-0.15, -0.1) is 11.3 Å². The lowest BCUT2D eigenvalue weighted by Gasteiger charge is -2.34. The second-order valence-electron chi connectivity index (χ2n) is 4.86. The maximum Gasteiger partial charge on any atom is 0.264 e. The van der Waals surface area contributed by atoms with Gasteiger partial charge in [0.15, 0.2) is 0 Å². The molecule has 5 heteroatoms. The molecular weight excluding hydrogens is 272 g/mol. The Balaban J connectivity index is 1.92. The maximum absolute atomic E-state index is 12.6. The third kappa shape index (κ3) is 2.18. The molecule has 0 radical (unpaired) electrons. The molecule has 1 unspecified atom stereocenters. The molecule has 2 amide bonds. The summed E-state index contributed by atoms with van der Waals surface area (Å²) in [4.78, 5) is 26.9. The van der Waals surface area contributed by atoms with Crippen LogP contribution in [0, 0.1) is 0 Å². The number of hydrogen-bond acceptors (Lipinski definition) is 3. The standard InChI is InChI=1S/C15H16N2O2S/c1-2-11-14(18)16-7-8-17(11)15(19)13-9-10-5-3-4-6-12(10)20-13/h3-6,9,11H,2,7-8H2,1H3,(H,16,18). The van der Waals surface area contributed by atoms with Crippen molar-refractivity contribution < 1.29 is 9.59 Å². The van der Waals surface area contributed by atoms with Crippen molar-refractivity contribution in [2.75, 3.05) is 13.1 Å². The van der Waals surface area contributed by atoms with Gasteiger partial charge in [-0.05, 0) is 23.9 Å². The van der Waals surface area contributed by atoms with Crippen LogP contribution < -0.4 is 5.32 Å². The van der Waals surface area contributed by atoms with Gasteiger partial charge < -0.3 is 10.2 Å². The van der Waals surface area contributed by atoms with Crippen molar-refractivity contribution in [1.29, 1.82) is 0 Å². The number of nitrogens with one attached hydrogen (secondary N) is 1. The quantitative estimate of drug-likeness (QED) is 0.921. The predicted molar refractivity (Wildman–Crippen MR) is 80.0 cm³/mol. The van der Waals surface area contributed by atoms with E-state index in [1.807, 2.05) is 37.3 Å². The van der Waals surface area contributed by atoms with Crippen LogP contribution >= 0.6 is 11.3 Å². The van der Waals surface area contributed by atoms with Crippen molar-refractivity contribution in [3.05, 3.63) is 35.2 Å². The van der Waals surface area contributed by atoms with E-state index in [0.29, 0.717) is 24.4 Å². The van der Waals surface area contributed by atoms with Crippen LogP contribution in [-0.2, 0) is 4.79 Å². The van der Waals surface area contributed by atoms with Gasteiger partial charge in [0.25, 0.3) is 5.91 Å². The number of thiophene rings is 1. The molecule has 2 aromatic rings. The first-order valence-electron chi connectivity index (χ1n) is 6.78. The van der Waals surface area contributed by atoms with Crippen molar-refractivity contribution in [2.24, 2.45) is 0 Å². The molecule has 1 atom stereocenters. The second kappa shape index (κ2) is 5.25. The monoisotopic (exact) mass is 288 g/mol. The van der Waals surface area contributed by atoms with Crippen molar-refractivity contribution in [3.8, 4) is 0 Å². The summed E-state index contributed by atoms with van der Waals surface area (Å²) in [5, 5.41) is 3.90. The van der Waals surface area contributed by atoms with E-state index in [4.69, 9.17) is 0 Å². The van der Waals surface area contributed by atoms with Crippen molar-refractivity contribution in [2.45, 2.75) is 19.4 Å². The van der Waals surface area contributed by atoms with Crippen molar-refractivity contribution >= 4 is 33.2 Å². The number of nitrogens with zero attached hydrogens (tertiary/aromatic N) is 1. The van der Waals surface area contributed by atoms with E-state index in [0.717, 1.165) is 10.1 Å². The van der Waals surface area contributed by atoms with E-state index >= 15 is 0 Å². The fraction of sp³-hybridized carbons (Fsp3) is 0.333. The Kier molecular flexibility index (Phi) is 3.44. The molecular formula is C15H16N2O2S. The molecule has 104 valence electrons. The van der Waals surface area contributed by atoms with Crippen LogP contribution in [0.3, 0.4) is 0 Å². The van der Waals surface area contributed by atoms with E-state index in [2.05, 4.69) is 5.32 Å². The minimum Gasteiger partial charge on any atom is -0.353 e. The van der Waals surface area contributed by atoms with Crippen LogP contribution in [0.15, 0.2) is 30.3 Å². The predicted octanol–water partition coefficient (Wildman–Crippen LogP) is 2.25. The Morgan fingerprint density at radius 3 is 3.00 bits per heavy atom. The van der Waals surface area contributed by atoms with Crippen LogP contribution in [-0.4, -0.2) is 35.8 Å². The number of benzene rings is 1. The van der Waals surface area contributed by atoms with Gasteiger partial charge in [0.1, 0.15) is 6.04 Å². The molecule has 20 heavy (non-hydrogen) atoms. The lowest BCUT2D eigenvalue weighted by Crippen LogP contribution is -2.56. The first-order valence-corrected chi connectivity index (χ1v) is 7.59. The number of fused-ring (bicyclic) bond motifs is 1. The molecule has 3 rings (SSSR count). The molecule has 0 bridgehead atoms. The first-order chi connectivity index (χ1) is 9.70. The normalized spacial score (nSPS) is 19.1. The van der Waals surface area contributed by atoms with E-state index < -0.39 is 0 Å². The smallest absolute Gasteiger partial charge is 0.264 e. The molecule has 1 aromatic carbocycles. The van der Waals surface area contributed by atoms with Gasteiger partial charge in [-0.1, -0.05) is 25.1 Å². The minimum absolute atomic E-state index is 0.0344. The summed E-state index contributed by atoms with van der Waals surface area (Å²) < 4.78 is 1.10. The van der Waals surface area contributed by atoms with Gasteiger partial charge in [-0.25, -0.2) is 0 Å². The zero-order chi connectivity index (χ0) is 14.1. The molecule has 1 aromatic heterocycles. The van der Waals surface area contributed by atoms with Gasteiger partial charge >= 0.3 is 0 Å². The van der Waals surface area contributed by atoms with E-state index in [9.17, 15) is 9.59 Å². The van der Waals surface area contributed by atoms with Crippen molar-refractivity contribution in [3.63, 3.8) is 0 Å². The number of amides is 2. The highest BCUT2D eigenvalue weighted by atomic mass is 32.1. The largest absolute Gasteiger partial charge is 0.353 e. The Hall–Kier alpha value is -1.88.